The van der Waals surface area contributed by atoms with E-state index < -0.39 is 5.97 Å². The maximum absolute atomic E-state index is 11.9. The molecule has 0 radical (unpaired) electrons. The Morgan fingerprint density at radius 1 is 1.18 bits per heavy atom. The number of nitrogens with one attached hydrogen (secondary N) is 1. The molecule has 0 spiro atoms. The van der Waals surface area contributed by atoms with Crippen LogP contribution >= 0.6 is 0 Å². The van der Waals surface area contributed by atoms with E-state index >= 15 is 0 Å². The normalized spacial score (nSPS) is 10.5. The Balaban J connectivity index is 1.97. The van der Waals surface area contributed by atoms with Gasteiger partial charge in [0.15, 0.2) is 5.76 Å². The first-order chi connectivity index (χ1) is 10.5. The van der Waals surface area contributed by atoms with Gasteiger partial charge in [0.05, 0.1) is 13.7 Å². The number of carbonyl (C=O) groups excluding carboxylic acids is 2. The van der Waals surface area contributed by atoms with Crippen LogP contribution in [0.15, 0.2) is 27.0 Å². The molecule has 118 valence electrons. The van der Waals surface area contributed by atoms with Gasteiger partial charge < -0.3 is 23.6 Å². The third kappa shape index (κ3) is 3.56. The fraction of sp³-hybridized carbons (Fsp3) is 0.333. The number of rotatable bonds is 6. The molecule has 0 unspecified atom stereocenters. The standard InChI is InChI=1S/C15H17NO6/c1-9-12(15(18)20-3)6-11(21-9)7-16-14(17)13-5-4-10(22-13)8-19-2/h4-6H,7-8H2,1-3H3,(H,16,17). The second-order valence-electron chi connectivity index (χ2n) is 4.56. The summed E-state index contributed by atoms with van der Waals surface area (Å²) in [6.45, 7) is 2.09. The van der Waals surface area contributed by atoms with Gasteiger partial charge in [-0.25, -0.2) is 4.79 Å². The van der Waals surface area contributed by atoms with Gasteiger partial charge in [0.2, 0.25) is 0 Å². The number of aryl methyl sites for hydroxylation is 1. The second-order valence-corrected chi connectivity index (χ2v) is 4.56. The monoisotopic (exact) mass is 307 g/mol. The third-order valence-electron chi connectivity index (χ3n) is 2.97. The molecule has 2 heterocycles. The average Bonchev–Trinajstić information content (AvgIpc) is 3.11. The minimum atomic E-state index is -0.478. The molecule has 1 N–H and O–H groups in total. The predicted octanol–water partition coefficient (Wildman–Crippen LogP) is 2.04. The molecule has 0 fully saturated rings. The first-order valence-electron chi connectivity index (χ1n) is 6.58. The molecule has 7 nitrogen and oxygen atoms in total. The van der Waals surface area contributed by atoms with Gasteiger partial charge >= 0.3 is 5.97 Å². The number of ether oxygens (including phenoxy) is 2. The first-order valence-corrected chi connectivity index (χ1v) is 6.58. The van der Waals surface area contributed by atoms with Crippen LogP contribution in [0.1, 0.15) is 38.2 Å². The summed E-state index contributed by atoms with van der Waals surface area (Å²) < 4.78 is 20.3. The summed E-state index contributed by atoms with van der Waals surface area (Å²) in [5, 5.41) is 2.65. The van der Waals surface area contributed by atoms with Crippen LogP contribution in [-0.4, -0.2) is 26.1 Å². The van der Waals surface area contributed by atoms with Crippen LogP contribution in [0, 0.1) is 6.92 Å². The van der Waals surface area contributed by atoms with E-state index in [0.717, 1.165) is 0 Å². The lowest BCUT2D eigenvalue weighted by Crippen LogP contribution is -2.22. The zero-order valence-electron chi connectivity index (χ0n) is 12.6. The molecule has 2 aromatic heterocycles. The molecule has 0 aliphatic carbocycles. The van der Waals surface area contributed by atoms with Crippen LogP contribution in [0.3, 0.4) is 0 Å². The van der Waals surface area contributed by atoms with Crippen molar-refractivity contribution in [3.8, 4) is 0 Å². The van der Waals surface area contributed by atoms with Crippen LogP contribution < -0.4 is 5.32 Å². The summed E-state index contributed by atoms with van der Waals surface area (Å²) in [6, 6.07) is 4.78. The summed E-state index contributed by atoms with van der Waals surface area (Å²) in [7, 11) is 2.84. The minimum absolute atomic E-state index is 0.136. The fourth-order valence-electron chi connectivity index (χ4n) is 1.92. The Morgan fingerprint density at radius 2 is 1.95 bits per heavy atom. The van der Waals surface area contributed by atoms with Crippen molar-refractivity contribution in [2.75, 3.05) is 14.2 Å². The quantitative estimate of drug-likeness (QED) is 0.821. The number of carbonyl (C=O) groups is 2. The molecule has 0 atom stereocenters. The Hall–Kier alpha value is -2.54. The van der Waals surface area contributed by atoms with Crippen LogP contribution in [0.4, 0.5) is 0 Å². The molecule has 7 heteroatoms. The second kappa shape index (κ2) is 6.95. The lowest BCUT2D eigenvalue weighted by atomic mass is 10.2. The maximum Gasteiger partial charge on any atom is 0.341 e. The van der Waals surface area contributed by atoms with Crippen LogP contribution in [0.2, 0.25) is 0 Å². The van der Waals surface area contributed by atoms with E-state index in [0.29, 0.717) is 29.5 Å². The molecular weight excluding hydrogens is 290 g/mol. The van der Waals surface area contributed by atoms with Gasteiger partial charge in [-0.05, 0) is 25.1 Å². The highest BCUT2D eigenvalue weighted by Crippen LogP contribution is 2.16. The highest BCUT2D eigenvalue weighted by atomic mass is 16.5. The average molecular weight is 307 g/mol. The van der Waals surface area contributed by atoms with Gasteiger partial charge in [-0.3, -0.25) is 4.79 Å². The van der Waals surface area contributed by atoms with Gasteiger partial charge in [-0.1, -0.05) is 0 Å². The number of amides is 1. The molecule has 0 aliphatic heterocycles. The van der Waals surface area contributed by atoms with Crippen LogP contribution in [-0.2, 0) is 22.6 Å². The van der Waals surface area contributed by atoms with Crippen molar-refractivity contribution < 1.29 is 27.9 Å². The highest BCUT2D eigenvalue weighted by molar-refractivity contribution is 5.92. The number of esters is 1. The lowest BCUT2D eigenvalue weighted by molar-refractivity contribution is 0.0598. The summed E-state index contributed by atoms with van der Waals surface area (Å²) >= 11 is 0. The van der Waals surface area contributed by atoms with Crippen molar-refractivity contribution >= 4 is 11.9 Å². The van der Waals surface area contributed by atoms with Crippen LogP contribution in [0.5, 0.6) is 0 Å². The van der Waals surface area contributed by atoms with E-state index in [9.17, 15) is 9.59 Å². The van der Waals surface area contributed by atoms with E-state index in [1.54, 1.807) is 32.2 Å². The minimum Gasteiger partial charge on any atom is -0.465 e. The summed E-state index contributed by atoms with van der Waals surface area (Å²) in [6.07, 6.45) is 0. The lowest BCUT2D eigenvalue weighted by Gasteiger charge is -2.00. The summed E-state index contributed by atoms with van der Waals surface area (Å²) in [5.41, 5.74) is 0.340. The van der Waals surface area contributed by atoms with Gasteiger partial charge in [-0.2, -0.15) is 0 Å². The zero-order valence-corrected chi connectivity index (χ0v) is 12.6. The molecule has 0 bridgehead atoms. The fourth-order valence-corrected chi connectivity index (χ4v) is 1.92. The number of hydrogen-bond acceptors (Lipinski definition) is 6. The Bertz CT molecular complexity index is 669. The molecule has 22 heavy (non-hydrogen) atoms. The molecule has 0 saturated carbocycles. The largest absolute Gasteiger partial charge is 0.465 e. The van der Waals surface area contributed by atoms with Crippen molar-refractivity contribution in [3.63, 3.8) is 0 Å². The SMILES string of the molecule is COCc1ccc(C(=O)NCc2cc(C(=O)OC)c(C)o2)o1. The van der Waals surface area contributed by atoms with Crippen molar-refractivity contribution in [3.05, 3.63) is 46.8 Å². The molecule has 0 aliphatic rings. The Morgan fingerprint density at radius 3 is 2.64 bits per heavy atom. The Labute approximate surface area is 127 Å². The van der Waals surface area contributed by atoms with Crippen molar-refractivity contribution in [1.29, 1.82) is 0 Å². The van der Waals surface area contributed by atoms with Crippen molar-refractivity contribution in [2.45, 2.75) is 20.1 Å². The van der Waals surface area contributed by atoms with Crippen molar-refractivity contribution in [2.24, 2.45) is 0 Å². The molecule has 0 saturated heterocycles. The van der Waals surface area contributed by atoms with Crippen molar-refractivity contribution in [1.82, 2.24) is 5.32 Å². The van der Waals surface area contributed by atoms with E-state index in [4.69, 9.17) is 13.6 Å². The van der Waals surface area contributed by atoms with E-state index in [1.165, 1.54) is 7.11 Å². The van der Waals surface area contributed by atoms with E-state index in [2.05, 4.69) is 10.1 Å². The molecule has 0 aromatic carbocycles. The first kappa shape index (κ1) is 15.8. The molecule has 1 amide bonds. The summed E-state index contributed by atoms with van der Waals surface area (Å²) in [5.74, 6) is 0.787. The third-order valence-corrected chi connectivity index (χ3v) is 2.97. The number of hydrogen-bond donors (Lipinski definition) is 1. The summed E-state index contributed by atoms with van der Waals surface area (Å²) in [4.78, 5) is 23.4. The topological polar surface area (TPSA) is 90.9 Å². The number of furan rings is 2. The highest BCUT2D eigenvalue weighted by Gasteiger charge is 2.16. The molecule has 2 aromatic rings. The smallest absolute Gasteiger partial charge is 0.341 e. The molecule has 2 rings (SSSR count). The van der Waals surface area contributed by atoms with Gasteiger partial charge in [0.1, 0.15) is 29.5 Å². The van der Waals surface area contributed by atoms with Gasteiger partial charge in [0.25, 0.3) is 5.91 Å². The Kier molecular flexibility index (Phi) is 5.00. The maximum atomic E-state index is 11.9. The predicted molar refractivity (Wildman–Crippen MR) is 75.4 cm³/mol. The van der Waals surface area contributed by atoms with Gasteiger partial charge in [0, 0.05) is 7.11 Å². The van der Waals surface area contributed by atoms with E-state index in [1.807, 2.05) is 0 Å². The number of methoxy groups -OCH3 is 2. The van der Waals surface area contributed by atoms with E-state index in [-0.39, 0.29) is 18.2 Å². The zero-order chi connectivity index (χ0) is 16.1. The molecular formula is C15H17NO6. The van der Waals surface area contributed by atoms with Crippen LogP contribution in [0.25, 0.3) is 0 Å². The van der Waals surface area contributed by atoms with Gasteiger partial charge in [-0.15, -0.1) is 0 Å².